The van der Waals surface area contributed by atoms with Gasteiger partial charge in [-0.3, -0.25) is 9.59 Å². The molecule has 1 unspecified atom stereocenters. The molecule has 3 rings (SSSR count). The van der Waals surface area contributed by atoms with Gasteiger partial charge in [-0.15, -0.1) is 0 Å². The Balaban J connectivity index is 2.19. The quantitative estimate of drug-likeness (QED) is 0.745. The average molecular weight is 240 g/mol. The van der Waals surface area contributed by atoms with Gasteiger partial charge in [0.15, 0.2) is 5.78 Å². The Kier molecular flexibility index (Phi) is 2.23. The number of benzene rings is 1. The van der Waals surface area contributed by atoms with Crippen molar-refractivity contribution >= 4 is 17.1 Å². The van der Waals surface area contributed by atoms with Crippen molar-refractivity contribution in [3.63, 3.8) is 0 Å². The molecule has 0 aromatic heterocycles. The standard InChI is InChI=1S/C15H12O3/c1-10(16)14(17)15-9-5-4-7-12(15)11-6-2-3-8-13(11)18-15/h2-8H,9H2,1H3. The summed E-state index contributed by atoms with van der Waals surface area (Å²) in [5, 5.41) is 0. The van der Waals surface area contributed by atoms with E-state index in [0.29, 0.717) is 12.2 Å². The van der Waals surface area contributed by atoms with E-state index in [4.69, 9.17) is 4.74 Å². The fourth-order valence-electron chi connectivity index (χ4n) is 2.56. The first-order chi connectivity index (χ1) is 8.65. The molecule has 90 valence electrons. The molecule has 0 spiro atoms. The number of carbonyl (C=O) groups excluding carboxylic acids is 2. The molecule has 0 bridgehead atoms. The minimum atomic E-state index is -1.13. The SMILES string of the molecule is CC(=O)C(=O)C12CC=CC=C1c1ccccc1O2. The molecule has 1 aliphatic heterocycles. The highest BCUT2D eigenvalue weighted by Crippen LogP contribution is 2.48. The van der Waals surface area contributed by atoms with E-state index < -0.39 is 17.2 Å². The zero-order chi connectivity index (χ0) is 12.8. The van der Waals surface area contributed by atoms with Gasteiger partial charge in [-0.25, -0.2) is 0 Å². The first-order valence-electron chi connectivity index (χ1n) is 5.86. The molecule has 18 heavy (non-hydrogen) atoms. The van der Waals surface area contributed by atoms with Crippen LogP contribution in [0.4, 0.5) is 0 Å². The van der Waals surface area contributed by atoms with Crippen molar-refractivity contribution in [3.05, 3.63) is 48.1 Å². The predicted molar refractivity (Wildman–Crippen MR) is 67.2 cm³/mol. The molecule has 3 heteroatoms. The smallest absolute Gasteiger partial charge is 0.246 e. The van der Waals surface area contributed by atoms with Crippen molar-refractivity contribution in [3.8, 4) is 5.75 Å². The van der Waals surface area contributed by atoms with E-state index in [1.54, 1.807) is 0 Å². The van der Waals surface area contributed by atoms with Crippen molar-refractivity contribution in [1.82, 2.24) is 0 Å². The Morgan fingerprint density at radius 1 is 1.28 bits per heavy atom. The molecule has 0 fully saturated rings. The molecule has 0 radical (unpaired) electrons. The van der Waals surface area contributed by atoms with Crippen LogP contribution in [0.3, 0.4) is 0 Å². The van der Waals surface area contributed by atoms with Gasteiger partial charge in [-0.1, -0.05) is 36.4 Å². The monoisotopic (exact) mass is 240 g/mol. The van der Waals surface area contributed by atoms with E-state index in [9.17, 15) is 9.59 Å². The fourth-order valence-corrected chi connectivity index (χ4v) is 2.56. The summed E-state index contributed by atoms with van der Waals surface area (Å²) in [6.07, 6.45) is 6.02. The van der Waals surface area contributed by atoms with Crippen LogP contribution in [-0.4, -0.2) is 17.2 Å². The van der Waals surface area contributed by atoms with Gasteiger partial charge in [0.2, 0.25) is 11.4 Å². The Labute approximate surface area is 105 Å². The summed E-state index contributed by atoms with van der Waals surface area (Å²) in [5.41, 5.74) is 0.557. The average Bonchev–Trinajstić information content (AvgIpc) is 2.73. The summed E-state index contributed by atoms with van der Waals surface area (Å²) < 4.78 is 5.83. The normalized spacial score (nSPS) is 23.7. The summed E-state index contributed by atoms with van der Waals surface area (Å²) in [6.45, 7) is 1.29. The van der Waals surface area contributed by atoms with Crippen LogP contribution < -0.4 is 4.74 Å². The highest BCUT2D eigenvalue weighted by atomic mass is 16.5. The lowest BCUT2D eigenvalue weighted by Crippen LogP contribution is -2.46. The minimum absolute atomic E-state index is 0.409. The van der Waals surface area contributed by atoms with Crippen LogP contribution in [0.15, 0.2) is 42.5 Å². The van der Waals surface area contributed by atoms with Gasteiger partial charge < -0.3 is 4.74 Å². The lowest BCUT2D eigenvalue weighted by molar-refractivity contribution is -0.142. The van der Waals surface area contributed by atoms with E-state index in [1.165, 1.54) is 6.92 Å². The first kappa shape index (κ1) is 11.0. The summed E-state index contributed by atoms with van der Waals surface area (Å²) in [4.78, 5) is 23.7. The van der Waals surface area contributed by atoms with Crippen molar-refractivity contribution in [2.45, 2.75) is 18.9 Å². The fraction of sp³-hybridized carbons (Fsp3) is 0.200. The summed E-state index contributed by atoms with van der Waals surface area (Å²) >= 11 is 0. The highest BCUT2D eigenvalue weighted by Gasteiger charge is 2.51. The second-order valence-corrected chi connectivity index (χ2v) is 4.52. The number of hydrogen-bond acceptors (Lipinski definition) is 3. The third-order valence-corrected chi connectivity index (χ3v) is 3.39. The van der Waals surface area contributed by atoms with Crippen LogP contribution in [0.1, 0.15) is 18.9 Å². The predicted octanol–water partition coefficient (Wildman–Crippen LogP) is 2.32. The van der Waals surface area contributed by atoms with Crippen LogP contribution in [0.25, 0.3) is 5.57 Å². The van der Waals surface area contributed by atoms with E-state index in [2.05, 4.69) is 0 Å². The number of hydrogen-bond donors (Lipinski definition) is 0. The van der Waals surface area contributed by atoms with Gasteiger partial charge in [0.05, 0.1) is 0 Å². The Morgan fingerprint density at radius 2 is 2.06 bits per heavy atom. The van der Waals surface area contributed by atoms with Crippen molar-refractivity contribution < 1.29 is 14.3 Å². The van der Waals surface area contributed by atoms with Crippen molar-refractivity contribution in [2.75, 3.05) is 0 Å². The van der Waals surface area contributed by atoms with Gasteiger partial charge in [-0.05, 0) is 6.07 Å². The van der Waals surface area contributed by atoms with E-state index in [1.807, 2.05) is 42.5 Å². The molecule has 0 saturated carbocycles. The molecule has 1 aliphatic carbocycles. The Morgan fingerprint density at radius 3 is 2.83 bits per heavy atom. The summed E-state index contributed by atoms with van der Waals surface area (Å²) in [7, 11) is 0. The van der Waals surface area contributed by atoms with Crippen LogP contribution in [0.2, 0.25) is 0 Å². The summed E-state index contributed by atoms with van der Waals surface area (Å²) in [5.74, 6) is -0.277. The summed E-state index contributed by atoms with van der Waals surface area (Å²) in [6, 6.07) is 7.49. The molecule has 0 amide bonds. The maximum Gasteiger partial charge on any atom is 0.246 e. The van der Waals surface area contributed by atoms with Crippen LogP contribution in [0, 0.1) is 0 Å². The Hall–Kier alpha value is -2.16. The molecule has 1 heterocycles. The van der Waals surface area contributed by atoms with Gasteiger partial charge in [0, 0.05) is 24.5 Å². The second kappa shape index (κ2) is 3.67. The molecule has 0 N–H and O–H groups in total. The Bertz CT molecular complexity index is 610. The third kappa shape index (κ3) is 1.30. The number of ketones is 2. The van der Waals surface area contributed by atoms with Crippen LogP contribution >= 0.6 is 0 Å². The second-order valence-electron chi connectivity index (χ2n) is 4.52. The zero-order valence-electron chi connectivity index (χ0n) is 9.97. The van der Waals surface area contributed by atoms with Crippen molar-refractivity contribution in [1.29, 1.82) is 0 Å². The third-order valence-electron chi connectivity index (χ3n) is 3.39. The van der Waals surface area contributed by atoms with E-state index in [0.717, 1.165) is 11.1 Å². The molecule has 1 aromatic rings. The van der Waals surface area contributed by atoms with Crippen LogP contribution in [-0.2, 0) is 9.59 Å². The molecule has 3 nitrogen and oxygen atoms in total. The van der Waals surface area contributed by atoms with Gasteiger partial charge in [0.25, 0.3) is 0 Å². The highest BCUT2D eigenvalue weighted by molar-refractivity contribution is 6.42. The lowest BCUT2D eigenvalue weighted by Gasteiger charge is -2.28. The van der Waals surface area contributed by atoms with Crippen molar-refractivity contribution in [2.24, 2.45) is 0 Å². The lowest BCUT2D eigenvalue weighted by atomic mass is 9.80. The number of Topliss-reactive ketones (excluding diaryl/α,β-unsaturated/α-hetero) is 2. The maximum atomic E-state index is 12.2. The number of rotatable bonds is 2. The van der Waals surface area contributed by atoms with E-state index in [-0.39, 0.29) is 0 Å². The molecule has 0 saturated heterocycles. The largest absolute Gasteiger partial charge is 0.473 e. The van der Waals surface area contributed by atoms with E-state index >= 15 is 0 Å². The van der Waals surface area contributed by atoms with Gasteiger partial charge >= 0.3 is 0 Å². The number of allylic oxidation sites excluding steroid dienone is 2. The first-order valence-corrected chi connectivity index (χ1v) is 5.86. The van der Waals surface area contributed by atoms with Gasteiger partial charge in [-0.2, -0.15) is 0 Å². The topological polar surface area (TPSA) is 43.4 Å². The van der Waals surface area contributed by atoms with Crippen LogP contribution in [0.5, 0.6) is 5.75 Å². The maximum absolute atomic E-state index is 12.2. The number of para-hydroxylation sites is 1. The number of carbonyl (C=O) groups is 2. The molecule has 1 atom stereocenters. The molecular weight excluding hydrogens is 228 g/mol. The number of ether oxygens (including phenoxy) is 1. The molecular formula is C15H12O3. The molecule has 2 aliphatic rings. The zero-order valence-corrected chi connectivity index (χ0v) is 9.97. The minimum Gasteiger partial charge on any atom is -0.473 e. The molecule has 1 aromatic carbocycles. The van der Waals surface area contributed by atoms with Gasteiger partial charge in [0.1, 0.15) is 5.75 Å². The number of fused-ring (bicyclic) bond motifs is 3.